The van der Waals surface area contributed by atoms with Gasteiger partial charge in [-0.25, -0.2) is 13.1 Å². The van der Waals surface area contributed by atoms with Crippen molar-refractivity contribution in [2.24, 2.45) is 0 Å². The number of carbonyl (C=O) groups excluding carboxylic acids is 1. The average Bonchev–Trinajstić information content (AvgIpc) is 2.61. The van der Waals surface area contributed by atoms with E-state index in [1.165, 1.54) is 18.2 Å². The molecule has 0 aromatic heterocycles. The molecule has 2 aromatic carbocycles. The Hall–Kier alpha value is -2.09. The standard InChI is InChI=1S/C19H24ClN3O3S/c1-14(2)22-27(25,26)16-9-10-18(20)17(13-16)19(24)21-11-12-23(3)15-7-5-4-6-8-15/h4-10,13-14,22H,11-12H2,1-3H3,(H,21,24). The van der Waals surface area contributed by atoms with Crippen molar-refractivity contribution in [1.82, 2.24) is 10.0 Å². The first-order valence-electron chi connectivity index (χ1n) is 8.57. The van der Waals surface area contributed by atoms with E-state index in [0.29, 0.717) is 13.1 Å². The van der Waals surface area contributed by atoms with Gasteiger partial charge in [-0.3, -0.25) is 4.79 Å². The highest BCUT2D eigenvalue weighted by Gasteiger charge is 2.19. The van der Waals surface area contributed by atoms with Crippen molar-refractivity contribution in [3.63, 3.8) is 0 Å². The Morgan fingerprint density at radius 1 is 1.15 bits per heavy atom. The van der Waals surface area contributed by atoms with E-state index in [1.807, 2.05) is 42.3 Å². The molecule has 0 spiro atoms. The minimum atomic E-state index is -3.70. The highest BCUT2D eigenvalue weighted by Crippen LogP contribution is 2.21. The SMILES string of the molecule is CC(C)NS(=O)(=O)c1ccc(Cl)c(C(=O)NCCN(C)c2ccccc2)c1. The maximum atomic E-state index is 12.5. The predicted octanol–water partition coefficient (Wildman–Crippen LogP) is 2.89. The Kier molecular flexibility index (Phi) is 7.24. The average molecular weight is 410 g/mol. The lowest BCUT2D eigenvalue weighted by atomic mass is 10.2. The maximum absolute atomic E-state index is 12.5. The molecule has 2 aromatic rings. The summed E-state index contributed by atoms with van der Waals surface area (Å²) in [4.78, 5) is 14.5. The molecule has 1 amide bonds. The molecular weight excluding hydrogens is 386 g/mol. The monoisotopic (exact) mass is 409 g/mol. The summed E-state index contributed by atoms with van der Waals surface area (Å²) in [7, 11) is -1.77. The van der Waals surface area contributed by atoms with Crippen molar-refractivity contribution in [1.29, 1.82) is 0 Å². The second kappa shape index (κ2) is 9.21. The first kappa shape index (κ1) is 21.2. The molecule has 2 rings (SSSR count). The summed E-state index contributed by atoms with van der Waals surface area (Å²) in [5.74, 6) is -0.414. The van der Waals surface area contributed by atoms with Crippen LogP contribution in [0.2, 0.25) is 5.02 Å². The largest absolute Gasteiger partial charge is 0.373 e. The zero-order valence-corrected chi connectivity index (χ0v) is 17.1. The van der Waals surface area contributed by atoms with E-state index >= 15 is 0 Å². The van der Waals surface area contributed by atoms with Gasteiger partial charge in [0.05, 0.1) is 15.5 Å². The van der Waals surface area contributed by atoms with E-state index in [1.54, 1.807) is 13.8 Å². The number of sulfonamides is 1. The van der Waals surface area contributed by atoms with E-state index in [9.17, 15) is 13.2 Å². The number of nitrogens with one attached hydrogen (secondary N) is 2. The Labute approximate surface area is 165 Å². The van der Waals surface area contributed by atoms with Crippen LogP contribution in [0.5, 0.6) is 0 Å². The van der Waals surface area contributed by atoms with Gasteiger partial charge in [0.25, 0.3) is 5.91 Å². The van der Waals surface area contributed by atoms with Gasteiger partial charge in [-0.05, 0) is 44.2 Å². The molecule has 8 heteroatoms. The lowest BCUT2D eigenvalue weighted by Crippen LogP contribution is -2.33. The second-order valence-corrected chi connectivity index (χ2v) is 8.55. The summed E-state index contributed by atoms with van der Waals surface area (Å²) in [5, 5.41) is 2.98. The van der Waals surface area contributed by atoms with Crippen LogP contribution in [0.15, 0.2) is 53.4 Å². The van der Waals surface area contributed by atoms with Gasteiger partial charge in [-0.2, -0.15) is 0 Å². The Bertz CT molecular complexity index is 886. The third-order valence-corrected chi connectivity index (χ3v) is 5.80. The molecule has 0 aliphatic carbocycles. The van der Waals surface area contributed by atoms with Crippen molar-refractivity contribution in [3.05, 3.63) is 59.1 Å². The number of nitrogens with zero attached hydrogens (tertiary/aromatic N) is 1. The van der Waals surface area contributed by atoms with E-state index in [2.05, 4.69) is 10.0 Å². The number of anilines is 1. The molecule has 0 fully saturated rings. The Morgan fingerprint density at radius 3 is 2.44 bits per heavy atom. The highest BCUT2D eigenvalue weighted by atomic mass is 35.5. The molecule has 0 aliphatic heterocycles. The molecule has 0 aliphatic rings. The lowest BCUT2D eigenvalue weighted by Gasteiger charge is -2.19. The molecule has 6 nitrogen and oxygen atoms in total. The molecule has 0 saturated carbocycles. The third kappa shape index (κ3) is 5.95. The van der Waals surface area contributed by atoms with Crippen LogP contribution < -0.4 is 14.9 Å². The Balaban J connectivity index is 2.04. The van der Waals surface area contributed by atoms with Crippen LogP contribution in [0.3, 0.4) is 0 Å². The zero-order chi connectivity index (χ0) is 20.0. The van der Waals surface area contributed by atoms with Gasteiger partial charge in [-0.1, -0.05) is 29.8 Å². The summed E-state index contributed by atoms with van der Waals surface area (Å²) in [6.45, 7) is 4.44. The number of hydrogen-bond acceptors (Lipinski definition) is 4. The molecule has 27 heavy (non-hydrogen) atoms. The fourth-order valence-corrected chi connectivity index (χ4v) is 3.95. The number of rotatable bonds is 8. The van der Waals surface area contributed by atoms with Gasteiger partial charge in [0.2, 0.25) is 10.0 Å². The number of benzene rings is 2. The van der Waals surface area contributed by atoms with E-state index in [-0.39, 0.29) is 21.5 Å². The van der Waals surface area contributed by atoms with Gasteiger partial charge in [-0.15, -0.1) is 0 Å². The number of amides is 1. The fourth-order valence-electron chi connectivity index (χ4n) is 2.47. The van der Waals surface area contributed by atoms with Crippen LogP contribution in [-0.2, 0) is 10.0 Å². The molecule has 0 radical (unpaired) electrons. The topological polar surface area (TPSA) is 78.5 Å². The number of hydrogen-bond donors (Lipinski definition) is 2. The van der Waals surface area contributed by atoms with Crippen molar-refractivity contribution in [2.45, 2.75) is 24.8 Å². The van der Waals surface area contributed by atoms with Crippen molar-refractivity contribution < 1.29 is 13.2 Å². The quantitative estimate of drug-likeness (QED) is 0.702. The zero-order valence-electron chi connectivity index (χ0n) is 15.6. The summed E-state index contributed by atoms with van der Waals surface area (Å²) >= 11 is 6.10. The van der Waals surface area contributed by atoms with Gasteiger partial charge in [0, 0.05) is 31.9 Å². The predicted molar refractivity (Wildman–Crippen MR) is 109 cm³/mol. The summed E-state index contributed by atoms with van der Waals surface area (Å²) in [6, 6.07) is 13.6. The van der Waals surface area contributed by atoms with Gasteiger partial charge < -0.3 is 10.2 Å². The number of carbonyl (C=O) groups is 1. The van der Waals surface area contributed by atoms with Crippen LogP contribution in [0.25, 0.3) is 0 Å². The molecule has 146 valence electrons. The van der Waals surface area contributed by atoms with Crippen molar-refractivity contribution in [2.75, 3.05) is 25.0 Å². The molecular formula is C19H24ClN3O3S. The normalized spacial score (nSPS) is 11.4. The lowest BCUT2D eigenvalue weighted by molar-refractivity contribution is 0.0954. The molecule has 0 heterocycles. The summed E-state index contributed by atoms with van der Waals surface area (Å²) in [6.07, 6.45) is 0. The number of likely N-dealkylation sites (N-methyl/N-ethyl adjacent to an activating group) is 1. The highest BCUT2D eigenvalue weighted by molar-refractivity contribution is 7.89. The van der Waals surface area contributed by atoms with Crippen LogP contribution in [0, 0.1) is 0 Å². The summed E-state index contributed by atoms with van der Waals surface area (Å²) in [5.41, 5.74) is 1.17. The van der Waals surface area contributed by atoms with Gasteiger partial charge >= 0.3 is 0 Å². The van der Waals surface area contributed by atoms with E-state index in [0.717, 1.165) is 5.69 Å². The van der Waals surface area contributed by atoms with Gasteiger partial charge in [0.1, 0.15) is 0 Å². The minimum absolute atomic E-state index is 0.00662. The van der Waals surface area contributed by atoms with E-state index in [4.69, 9.17) is 11.6 Å². The third-order valence-electron chi connectivity index (χ3n) is 3.81. The van der Waals surface area contributed by atoms with Gasteiger partial charge in [0.15, 0.2) is 0 Å². The number of halogens is 1. The Morgan fingerprint density at radius 2 is 1.81 bits per heavy atom. The molecule has 0 bridgehead atoms. The first-order chi connectivity index (χ1) is 12.7. The fraction of sp³-hybridized carbons (Fsp3) is 0.316. The van der Waals surface area contributed by atoms with Crippen LogP contribution >= 0.6 is 11.6 Å². The minimum Gasteiger partial charge on any atom is -0.373 e. The van der Waals surface area contributed by atoms with Crippen molar-refractivity contribution in [3.8, 4) is 0 Å². The molecule has 0 unspecified atom stereocenters. The molecule has 2 N–H and O–H groups in total. The second-order valence-electron chi connectivity index (χ2n) is 6.43. The maximum Gasteiger partial charge on any atom is 0.252 e. The van der Waals surface area contributed by atoms with E-state index < -0.39 is 15.9 Å². The van der Waals surface area contributed by atoms with Crippen LogP contribution in [0.1, 0.15) is 24.2 Å². The molecule has 0 saturated heterocycles. The van der Waals surface area contributed by atoms with Crippen LogP contribution in [-0.4, -0.2) is 40.5 Å². The van der Waals surface area contributed by atoms with Crippen LogP contribution in [0.4, 0.5) is 5.69 Å². The molecule has 0 atom stereocenters. The van der Waals surface area contributed by atoms with Crippen molar-refractivity contribution >= 4 is 33.2 Å². The summed E-state index contributed by atoms with van der Waals surface area (Å²) < 4.78 is 27.1. The number of para-hydroxylation sites is 1. The smallest absolute Gasteiger partial charge is 0.252 e. The first-order valence-corrected chi connectivity index (χ1v) is 10.4.